The largest absolute Gasteiger partial charge is 0.381 e. The van der Waals surface area contributed by atoms with Crippen molar-refractivity contribution in [1.82, 2.24) is 5.32 Å². The van der Waals surface area contributed by atoms with Crippen LogP contribution in [0.25, 0.3) is 0 Å². The number of ether oxygens (including phenoxy) is 1. The van der Waals surface area contributed by atoms with E-state index >= 15 is 0 Å². The van der Waals surface area contributed by atoms with Crippen LogP contribution in [0.4, 0.5) is 5.69 Å². The summed E-state index contributed by atoms with van der Waals surface area (Å²) in [6.45, 7) is 8.76. The van der Waals surface area contributed by atoms with Crippen molar-refractivity contribution < 1.29 is 9.66 Å². The Morgan fingerprint density at radius 3 is 2.45 bits per heavy atom. The van der Waals surface area contributed by atoms with Gasteiger partial charge in [-0.1, -0.05) is 26.0 Å². The van der Waals surface area contributed by atoms with Gasteiger partial charge in [-0.25, -0.2) is 0 Å². The first kappa shape index (κ1) is 16.6. The Kier molecular flexibility index (Phi) is 7.18. The molecule has 1 rings (SSSR count). The number of hydrogen-bond acceptors (Lipinski definition) is 4. The van der Waals surface area contributed by atoms with Gasteiger partial charge in [0.2, 0.25) is 0 Å². The maximum absolute atomic E-state index is 10.6. The third kappa shape index (κ3) is 6.12. The van der Waals surface area contributed by atoms with E-state index in [0.29, 0.717) is 5.92 Å². The number of nitrogens with one attached hydrogen (secondary N) is 1. The smallest absolute Gasteiger partial charge is 0.269 e. The fourth-order valence-electron chi connectivity index (χ4n) is 1.81. The van der Waals surface area contributed by atoms with Crippen molar-refractivity contribution >= 4 is 5.69 Å². The molecule has 0 aliphatic rings. The van der Waals surface area contributed by atoms with Crippen molar-refractivity contribution in [3.63, 3.8) is 0 Å². The van der Waals surface area contributed by atoms with Crippen molar-refractivity contribution in [3.05, 3.63) is 39.9 Å². The first-order chi connectivity index (χ1) is 9.50. The number of hydrogen-bond donors (Lipinski definition) is 1. The third-order valence-corrected chi connectivity index (χ3v) is 2.97. The van der Waals surface area contributed by atoms with E-state index in [2.05, 4.69) is 26.1 Å². The van der Waals surface area contributed by atoms with Crippen molar-refractivity contribution in [2.45, 2.75) is 33.2 Å². The second-order valence-electron chi connectivity index (χ2n) is 5.35. The molecule has 1 aromatic carbocycles. The normalized spacial score (nSPS) is 12.6. The van der Waals surface area contributed by atoms with Gasteiger partial charge in [0.05, 0.1) is 4.92 Å². The lowest BCUT2D eigenvalue weighted by Crippen LogP contribution is -2.21. The highest BCUT2D eigenvalue weighted by Crippen LogP contribution is 2.17. The van der Waals surface area contributed by atoms with E-state index in [9.17, 15) is 10.1 Å². The van der Waals surface area contributed by atoms with Gasteiger partial charge in [-0.05, 0) is 31.4 Å². The summed E-state index contributed by atoms with van der Waals surface area (Å²) in [6, 6.07) is 6.86. The third-order valence-electron chi connectivity index (χ3n) is 2.97. The molecular weight excluding hydrogens is 256 g/mol. The summed E-state index contributed by atoms with van der Waals surface area (Å²) in [7, 11) is 0. The SMILES string of the molecule is CC(C)COCCCNC(C)c1ccc([N+](=O)[O-])cc1. The molecule has 5 heteroatoms. The summed E-state index contributed by atoms with van der Waals surface area (Å²) in [6.07, 6.45) is 0.962. The van der Waals surface area contributed by atoms with Gasteiger partial charge >= 0.3 is 0 Å². The van der Waals surface area contributed by atoms with E-state index in [-0.39, 0.29) is 16.7 Å². The maximum atomic E-state index is 10.6. The molecule has 0 bridgehead atoms. The molecule has 0 heterocycles. The Hall–Kier alpha value is -1.46. The molecule has 0 aliphatic carbocycles. The Morgan fingerprint density at radius 2 is 1.90 bits per heavy atom. The summed E-state index contributed by atoms with van der Waals surface area (Å²) in [4.78, 5) is 10.2. The van der Waals surface area contributed by atoms with Crippen LogP contribution in [0.5, 0.6) is 0 Å². The van der Waals surface area contributed by atoms with Crippen LogP contribution in [0.3, 0.4) is 0 Å². The molecule has 20 heavy (non-hydrogen) atoms. The Balaban J connectivity index is 2.25. The van der Waals surface area contributed by atoms with Gasteiger partial charge < -0.3 is 10.1 Å². The van der Waals surface area contributed by atoms with Gasteiger partial charge in [0.15, 0.2) is 0 Å². The predicted molar refractivity (Wildman–Crippen MR) is 79.8 cm³/mol. The molecule has 0 saturated heterocycles. The van der Waals surface area contributed by atoms with Gasteiger partial charge in [0.25, 0.3) is 5.69 Å². The molecule has 1 N–H and O–H groups in total. The molecule has 1 atom stereocenters. The molecular formula is C15H24N2O3. The minimum Gasteiger partial charge on any atom is -0.381 e. The molecule has 112 valence electrons. The van der Waals surface area contributed by atoms with Gasteiger partial charge in [-0.2, -0.15) is 0 Å². The number of nitro benzene ring substituents is 1. The number of nitro groups is 1. The van der Waals surface area contributed by atoms with E-state index in [0.717, 1.165) is 31.7 Å². The van der Waals surface area contributed by atoms with Gasteiger partial charge in [-0.3, -0.25) is 10.1 Å². The highest BCUT2D eigenvalue weighted by Gasteiger charge is 2.08. The predicted octanol–water partition coefficient (Wildman–Crippen LogP) is 3.31. The van der Waals surface area contributed by atoms with E-state index in [1.54, 1.807) is 24.3 Å². The summed E-state index contributed by atoms with van der Waals surface area (Å²) in [5, 5.41) is 14.0. The van der Waals surface area contributed by atoms with E-state index in [4.69, 9.17) is 4.74 Å². The summed E-state index contributed by atoms with van der Waals surface area (Å²) >= 11 is 0. The topological polar surface area (TPSA) is 64.4 Å². The lowest BCUT2D eigenvalue weighted by Gasteiger charge is -2.14. The van der Waals surface area contributed by atoms with Crippen molar-refractivity contribution in [2.75, 3.05) is 19.8 Å². The van der Waals surface area contributed by atoms with Crippen LogP contribution in [-0.2, 0) is 4.74 Å². The highest BCUT2D eigenvalue weighted by atomic mass is 16.6. The van der Waals surface area contributed by atoms with Gasteiger partial charge in [0.1, 0.15) is 0 Å². The summed E-state index contributed by atoms with van der Waals surface area (Å²) in [5.74, 6) is 0.571. The zero-order valence-electron chi connectivity index (χ0n) is 12.5. The Bertz CT molecular complexity index is 404. The molecule has 0 fully saturated rings. The zero-order chi connectivity index (χ0) is 15.0. The molecule has 0 amide bonds. The molecule has 5 nitrogen and oxygen atoms in total. The van der Waals surface area contributed by atoms with E-state index < -0.39 is 0 Å². The van der Waals surface area contributed by atoms with Crippen LogP contribution in [0.2, 0.25) is 0 Å². The fourth-order valence-corrected chi connectivity index (χ4v) is 1.81. The standard InChI is InChI=1S/C15H24N2O3/c1-12(2)11-20-10-4-9-16-13(3)14-5-7-15(8-6-14)17(18)19/h5-8,12-13,16H,4,9-11H2,1-3H3. The molecule has 0 saturated carbocycles. The minimum atomic E-state index is -0.381. The number of non-ortho nitro benzene ring substituents is 1. The van der Waals surface area contributed by atoms with Crippen LogP contribution in [0.15, 0.2) is 24.3 Å². The molecule has 0 radical (unpaired) electrons. The lowest BCUT2D eigenvalue weighted by atomic mass is 10.1. The van der Waals surface area contributed by atoms with E-state index in [1.807, 2.05) is 0 Å². The molecule has 0 spiro atoms. The minimum absolute atomic E-state index is 0.128. The van der Waals surface area contributed by atoms with Crippen molar-refractivity contribution in [1.29, 1.82) is 0 Å². The average molecular weight is 280 g/mol. The highest BCUT2D eigenvalue weighted by molar-refractivity contribution is 5.33. The fraction of sp³-hybridized carbons (Fsp3) is 0.600. The van der Waals surface area contributed by atoms with Crippen LogP contribution >= 0.6 is 0 Å². The molecule has 1 unspecified atom stereocenters. The van der Waals surface area contributed by atoms with Gasteiger partial charge in [-0.15, -0.1) is 0 Å². The van der Waals surface area contributed by atoms with E-state index in [1.165, 1.54) is 0 Å². The van der Waals surface area contributed by atoms with Crippen LogP contribution < -0.4 is 5.32 Å². The van der Waals surface area contributed by atoms with Crippen molar-refractivity contribution in [3.8, 4) is 0 Å². The summed E-state index contributed by atoms with van der Waals surface area (Å²) in [5.41, 5.74) is 1.18. The second-order valence-corrected chi connectivity index (χ2v) is 5.35. The van der Waals surface area contributed by atoms with Crippen LogP contribution in [-0.4, -0.2) is 24.7 Å². The maximum Gasteiger partial charge on any atom is 0.269 e. The van der Waals surface area contributed by atoms with Gasteiger partial charge in [0, 0.05) is 31.4 Å². The second kappa shape index (κ2) is 8.66. The number of nitrogens with zero attached hydrogens (tertiary/aromatic N) is 1. The quantitative estimate of drug-likeness (QED) is 0.428. The number of benzene rings is 1. The monoisotopic (exact) mass is 280 g/mol. The zero-order valence-corrected chi connectivity index (χ0v) is 12.5. The first-order valence-corrected chi connectivity index (χ1v) is 7.06. The number of rotatable bonds is 9. The molecule has 1 aromatic rings. The lowest BCUT2D eigenvalue weighted by molar-refractivity contribution is -0.384. The average Bonchev–Trinajstić information content (AvgIpc) is 2.42. The first-order valence-electron chi connectivity index (χ1n) is 7.06. The molecule has 0 aliphatic heterocycles. The van der Waals surface area contributed by atoms with Crippen LogP contribution in [0.1, 0.15) is 38.8 Å². The van der Waals surface area contributed by atoms with Crippen LogP contribution in [0, 0.1) is 16.0 Å². The Morgan fingerprint density at radius 1 is 1.25 bits per heavy atom. The summed E-state index contributed by atoms with van der Waals surface area (Å²) < 4.78 is 5.51. The Labute approximate surface area is 120 Å². The van der Waals surface area contributed by atoms with Crippen molar-refractivity contribution in [2.24, 2.45) is 5.92 Å². The molecule has 0 aromatic heterocycles.